The summed E-state index contributed by atoms with van der Waals surface area (Å²) in [7, 11) is 0. The van der Waals surface area contributed by atoms with Crippen LogP contribution in [0.2, 0.25) is 0 Å². The Morgan fingerprint density at radius 2 is 2.07 bits per heavy atom. The number of amides is 3. The van der Waals surface area contributed by atoms with Crippen molar-refractivity contribution in [2.45, 2.75) is 25.3 Å². The Morgan fingerprint density at radius 1 is 1.36 bits per heavy atom. The molecule has 2 fully saturated rings. The Morgan fingerprint density at radius 3 is 2.57 bits per heavy atom. The fourth-order valence-corrected chi connectivity index (χ4v) is 1.77. The molecule has 3 amide bonds. The minimum absolute atomic E-state index is 0.227. The number of urea groups is 1. The maximum atomic E-state index is 11.4. The van der Waals surface area contributed by atoms with E-state index >= 15 is 0 Å². The van der Waals surface area contributed by atoms with Crippen LogP contribution in [0.3, 0.4) is 0 Å². The summed E-state index contributed by atoms with van der Waals surface area (Å²) in [4.78, 5) is 34.7. The smallest absolute Gasteiger partial charge is 0.320 e. The first kappa shape index (κ1) is 9.18. The molecule has 0 aromatic rings. The van der Waals surface area contributed by atoms with Crippen molar-refractivity contribution in [1.82, 2.24) is 10.2 Å². The quantitative estimate of drug-likeness (QED) is 0.495. The summed E-state index contributed by atoms with van der Waals surface area (Å²) >= 11 is 0. The molecule has 5 heteroatoms. The highest BCUT2D eigenvalue weighted by molar-refractivity contribution is 6.04. The van der Waals surface area contributed by atoms with Crippen molar-refractivity contribution in [2.75, 3.05) is 6.54 Å². The molecule has 0 radical (unpaired) electrons. The van der Waals surface area contributed by atoms with E-state index < -0.39 is 11.8 Å². The molecule has 1 atom stereocenters. The Hall–Kier alpha value is -1.39. The maximum absolute atomic E-state index is 11.4. The fourth-order valence-electron chi connectivity index (χ4n) is 1.77. The molecule has 0 bridgehead atoms. The van der Waals surface area contributed by atoms with Crippen LogP contribution in [-0.4, -0.2) is 35.7 Å². The molecule has 1 aliphatic heterocycles. The van der Waals surface area contributed by atoms with Gasteiger partial charge in [0.05, 0.1) is 0 Å². The van der Waals surface area contributed by atoms with E-state index in [4.69, 9.17) is 0 Å². The third kappa shape index (κ3) is 1.38. The number of carbonyl (C=O) groups excluding carboxylic acids is 3. The third-order valence-electron chi connectivity index (χ3n) is 2.90. The lowest BCUT2D eigenvalue weighted by Crippen LogP contribution is -2.59. The second kappa shape index (κ2) is 3.40. The monoisotopic (exact) mass is 196 g/mol. The van der Waals surface area contributed by atoms with E-state index in [0.29, 0.717) is 6.29 Å². The summed E-state index contributed by atoms with van der Waals surface area (Å²) in [5.74, 6) is -1.16. The second-order valence-corrected chi connectivity index (χ2v) is 3.77. The molecule has 0 spiro atoms. The van der Waals surface area contributed by atoms with E-state index in [2.05, 4.69) is 5.32 Å². The molecule has 1 heterocycles. The van der Waals surface area contributed by atoms with Crippen LogP contribution >= 0.6 is 0 Å². The number of nitrogens with one attached hydrogen (secondary N) is 1. The van der Waals surface area contributed by atoms with Crippen LogP contribution in [0.25, 0.3) is 0 Å². The van der Waals surface area contributed by atoms with Crippen LogP contribution in [0.1, 0.15) is 19.3 Å². The predicted octanol–water partition coefficient (Wildman–Crippen LogP) is -0.0942. The minimum atomic E-state index is -0.687. The summed E-state index contributed by atoms with van der Waals surface area (Å²) in [6.07, 6.45) is 3.68. The molecule has 0 aromatic carbocycles. The van der Waals surface area contributed by atoms with E-state index in [0.717, 1.165) is 19.3 Å². The highest BCUT2D eigenvalue weighted by Crippen LogP contribution is 2.26. The van der Waals surface area contributed by atoms with Gasteiger partial charge in [0, 0.05) is 12.6 Å². The van der Waals surface area contributed by atoms with Gasteiger partial charge >= 0.3 is 6.03 Å². The molecular formula is C9H12N2O3. The number of carbonyl (C=O) groups is 3. The molecule has 1 aliphatic carbocycles. The number of imide groups is 1. The first-order valence-electron chi connectivity index (χ1n) is 4.79. The molecule has 1 N–H and O–H groups in total. The molecule has 76 valence electrons. The summed E-state index contributed by atoms with van der Waals surface area (Å²) in [5, 5.41) is 2.20. The second-order valence-electron chi connectivity index (χ2n) is 3.77. The number of nitrogens with zero attached hydrogens (tertiary/aromatic N) is 1. The average Bonchev–Trinajstić information content (AvgIpc) is 2.06. The van der Waals surface area contributed by atoms with Gasteiger partial charge in [-0.3, -0.25) is 10.1 Å². The number of rotatable bonds is 2. The van der Waals surface area contributed by atoms with Crippen molar-refractivity contribution >= 4 is 18.2 Å². The van der Waals surface area contributed by atoms with Gasteiger partial charge in [-0.15, -0.1) is 0 Å². The van der Waals surface area contributed by atoms with E-state index in [9.17, 15) is 14.4 Å². The van der Waals surface area contributed by atoms with Gasteiger partial charge in [-0.1, -0.05) is 0 Å². The van der Waals surface area contributed by atoms with Crippen molar-refractivity contribution in [3.63, 3.8) is 0 Å². The molecule has 1 saturated heterocycles. The fraction of sp³-hybridized carbons (Fsp3) is 0.667. The molecule has 14 heavy (non-hydrogen) atoms. The number of hydrogen-bond donors (Lipinski definition) is 1. The van der Waals surface area contributed by atoms with Crippen LogP contribution in [0, 0.1) is 5.92 Å². The van der Waals surface area contributed by atoms with Gasteiger partial charge in [0.2, 0.25) is 5.91 Å². The third-order valence-corrected chi connectivity index (χ3v) is 2.90. The van der Waals surface area contributed by atoms with Crippen molar-refractivity contribution in [3.8, 4) is 0 Å². The van der Waals surface area contributed by atoms with Crippen molar-refractivity contribution in [2.24, 2.45) is 5.92 Å². The molecular weight excluding hydrogens is 184 g/mol. The molecule has 1 unspecified atom stereocenters. The highest BCUT2D eigenvalue weighted by atomic mass is 16.2. The van der Waals surface area contributed by atoms with Crippen LogP contribution in [0.15, 0.2) is 0 Å². The van der Waals surface area contributed by atoms with Gasteiger partial charge in [-0.25, -0.2) is 4.79 Å². The van der Waals surface area contributed by atoms with Crippen molar-refractivity contribution in [1.29, 1.82) is 0 Å². The van der Waals surface area contributed by atoms with E-state index in [-0.39, 0.29) is 18.6 Å². The van der Waals surface area contributed by atoms with Gasteiger partial charge < -0.3 is 9.69 Å². The zero-order valence-corrected chi connectivity index (χ0v) is 7.73. The highest BCUT2D eigenvalue weighted by Gasteiger charge is 2.37. The van der Waals surface area contributed by atoms with Crippen LogP contribution in [0.5, 0.6) is 0 Å². The van der Waals surface area contributed by atoms with Gasteiger partial charge in [0.25, 0.3) is 0 Å². The molecule has 0 aromatic heterocycles. The average molecular weight is 196 g/mol. The summed E-state index contributed by atoms with van der Waals surface area (Å²) in [6.45, 7) is 0.249. The minimum Gasteiger partial charge on any atom is -0.320 e. The summed E-state index contributed by atoms with van der Waals surface area (Å²) < 4.78 is 0. The Bertz CT molecular complexity index is 286. The Kier molecular flexibility index (Phi) is 2.23. The van der Waals surface area contributed by atoms with Gasteiger partial charge in [-0.05, 0) is 19.3 Å². The molecule has 2 aliphatic rings. The van der Waals surface area contributed by atoms with Gasteiger partial charge in [0.15, 0.2) is 0 Å². The van der Waals surface area contributed by atoms with Crippen LogP contribution in [0.4, 0.5) is 4.79 Å². The van der Waals surface area contributed by atoms with Gasteiger partial charge in [-0.2, -0.15) is 0 Å². The van der Waals surface area contributed by atoms with Crippen LogP contribution < -0.4 is 5.32 Å². The zero-order valence-electron chi connectivity index (χ0n) is 7.73. The Labute approximate surface area is 81.4 Å². The lowest BCUT2D eigenvalue weighted by Gasteiger charge is -2.40. The van der Waals surface area contributed by atoms with Crippen LogP contribution in [-0.2, 0) is 9.59 Å². The zero-order chi connectivity index (χ0) is 10.1. The topological polar surface area (TPSA) is 66.5 Å². The Balaban J connectivity index is 2.06. The van der Waals surface area contributed by atoms with Gasteiger partial charge in [0.1, 0.15) is 12.2 Å². The molecule has 5 nitrogen and oxygen atoms in total. The SMILES string of the molecule is O=CC1CN(C2CCC2)C(=O)NC1=O. The lowest BCUT2D eigenvalue weighted by atomic mass is 9.90. The summed E-state index contributed by atoms with van der Waals surface area (Å²) in [5.41, 5.74) is 0. The predicted molar refractivity (Wildman–Crippen MR) is 47.4 cm³/mol. The maximum Gasteiger partial charge on any atom is 0.324 e. The molecule has 2 rings (SSSR count). The molecule has 1 saturated carbocycles. The van der Waals surface area contributed by atoms with E-state index in [1.54, 1.807) is 4.90 Å². The number of aldehydes is 1. The van der Waals surface area contributed by atoms with Crippen molar-refractivity contribution < 1.29 is 14.4 Å². The standard InChI is InChI=1S/C9H12N2O3/c12-5-6-4-11(7-2-1-3-7)9(14)10-8(6)13/h5-7H,1-4H2,(H,10,13,14). The van der Waals surface area contributed by atoms with E-state index in [1.165, 1.54) is 0 Å². The van der Waals surface area contributed by atoms with E-state index in [1.807, 2.05) is 0 Å². The first-order valence-corrected chi connectivity index (χ1v) is 4.79. The lowest BCUT2D eigenvalue weighted by molar-refractivity contribution is -0.130. The largest absolute Gasteiger partial charge is 0.324 e. The summed E-state index contributed by atoms with van der Waals surface area (Å²) in [6, 6.07) is -0.122. The first-order chi connectivity index (χ1) is 6.72. The number of hydrogen-bond acceptors (Lipinski definition) is 3. The normalized spacial score (nSPS) is 28.3. The van der Waals surface area contributed by atoms with Crippen molar-refractivity contribution in [3.05, 3.63) is 0 Å².